The molecule has 0 aromatic heterocycles. The Bertz CT molecular complexity index is 652. The monoisotopic (exact) mass is 359 g/mol. The summed E-state index contributed by atoms with van der Waals surface area (Å²) in [7, 11) is 0. The van der Waals surface area contributed by atoms with E-state index in [1.807, 2.05) is 51.1 Å². The Morgan fingerprint density at radius 3 is 2.42 bits per heavy atom. The van der Waals surface area contributed by atoms with Crippen molar-refractivity contribution in [2.24, 2.45) is 11.3 Å². The lowest BCUT2D eigenvalue weighted by atomic mass is 9.94. The van der Waals surface area contributed by atoms with Gasteiger partial charge < -0.3 is 15.5 Å². The Labute approximate surface area is 155 Å². The van der Waals surface area contributed by atoms with Crippen LogP contribution in [0.4, 0.5) is 5.69 Å². The van der Waals surface area contributed by atoms with Crippen molar-refractivity contribution in [2.75, 3.05) is 18.4 Å². The molecule has 2 rings (SSSR count). The second-order valence-electron chi connectivity index (χ2n) is 7.92. The fourth-order valence-electron chi connectivity index (χ4n) is 2.91. The minimum Gasteiger partial charge on any atom is -0.344 e. The highest BCUT2D eigenvalue weighted by atomic mass is 16.2. The average Bonchev–Trinajstić information content (AvgIpc) is 2.61. The van der Waals surface area contributed by atoms with Crippen LogP contribution in [0.15, 0.2) is 30.3 Å². The predicted octanol–water partition coefficient (Wildman–Crippen LogP) is 2.41. The van der Waals surface area contributed by atoms with Gasteiger partial charge in [0, 0.05) is 24.2 Å². The van der Waals surface area contributed by atoms with Gasteiger partial charge in [-0.15, -0.1) is 0 Å². The number of likely N-dealkylation sites (tertiary alicyclic amines) is 1. The number of para-hydroxylation sites is 1. The van der Waals surface area contributed by atoms with Crippen LogP contribution in [-0.2, 0) is 14.4 Å². The maximum Gasteiger partial charge on any atom is 0.244 e. The molecule has 1 saturated heterocycles. The number of carbonyl (C=O) groups excluding carboxylic acids is 3. The van der Waals surface area contributed by atoms with Crippen molar-refractivity contribution >= 4 is 23.4 Å². The van der Waals surface area contributed by atoms with Crippen molar-refractivity contribution in [1.82, 2.24) is 10.2 Å². The number of piperidine rings is 1. The molecule has 6 nitrogen and oxygen atoms in total. The lowest BCUT2D eigenvalue weighted by Gasteiger charge is -2.34. The normalized spacial score (nSPS) is 18.8. The fourth-order valence-corrected chi connectivity index (χ4v) is 2.91. The van der Waals surface area contributed by atoms with Gasteiger partial charge in [-0.3, -0.25) is 14.4 Å². The molecule has 3 amide bonds. The van der Waals surface area contributed by atoms with Gasteiger partial charge in [-0.2, -0.15) is 0 Å². The number of anilines is 1. The van der Waals surface area contributed by atoms with Crippen LogP contribution in [0.3, 0.4) is 0 Å². The molecule has 1 fully saturated rings. The molecule has 0 radical (unpaired) electrons. The number of nitrogens with zero attached hydrogens (tertiary/aromatic N) is 1. The van der Waals surface area contributed by atoms with Crippen LogP contribution in [0, 0.1) is 11.3 Å². The van der Waals surface area contributed by atoms with Crippen molar-refractivity contribution in [2.45, 2.75) is 46.6 Å². The van der Waals surface area contributed by atoms with Gasteiger partial charge >= 0.3 is 0 Å². The molecule has 0 saturated carbocycles. The van der Waals surface area contributed by atoms with Crippen LogP contribution in [0.2, 0.25) is 0 Å². The molecule has 1 heterocycles. The number of carbonyl (C=O) groups is 3. The van der Waals surface area contributed by atoms with Crippen LogP contribution in [-0.4, -0.2) is 41.8 Å². The van der Waals surface area contributed by atoms with Crippen molar-refractivity contribution in [3.8, 4) is 0 Å². The highest BCUT2D eigenvalue weighted by Crippen LogP contribution is 2.20. The molecule has 0 spiro atoms. The molecule has 0 aliphatic carbocycles. The summed E-state index contributed by atoms with van der Waals surface area (Å²) < 4.78 is 0. The molecule has 1 aliphatic heterocycles. The van der Waals surface area contributed by atoms with Crippen molar-refractivity contribution in [1.29, 1.82) is 0 Å². The van der Waals surface area contributed by atoms with E-state index in [1.165, 1.54) is 0 Å². The van der Waals surface area contributed by atoms with E-state index in [-0.39, 0.29) is 23.6 Å². The van der Waals surface area contributed by atoms with Crippen LogP contribution in [0.1, 0.15) is 40.5 Å². The first kappa shape index (κ1) is 19.9. The van der Waals surface area contributed by atoms with Gasteiger partial charge in [0.1, 0.15) is 6.04 Å². The Hall–Kier alpha value is -2.37. The Balaban J connectivity index is 1.93. The second-order valence-corrected chi connectivity index (χ2v) is 7.92. The highest BCUT2D eigenvalue weighted by molar-refractivity contribution is 5.94. The van der Waals surface area contributed by atoms with Gasteiger partial charge in [-0.05, 0) is 31.9 Å². The lowest BCUT2D eigenvalue weighted by Crippen LogP contribution is -2.52. The molecule has 26 heavy (non-hydrogen) atoms. The quantitative estimate of drug-likeness (QED) is 0.866. The fraction of sp³-hybridized carbons (Fsp3) is 0.550. The summed E-state index contributed by atoms with van der Waals surface area (Å²) in [5.41, 5.74) is 0.209. The third kappa shape index (κ3) is 5.31. The molecule has 0 bridgehead atoms. The predicted molar refractivity (Wildman–Crippen MR) is 101 cm³/mol. The molecule has 1 aromatic carbocycles. The topological polar surface area (TPSA) is 78.5 Å². The molecule has 6 heteroatoms. The van der Waals surface area contributed by atoms with E-state index in [2.05, 4.69) is 10.6 Å². The van der Waals surface area contributed by atoms with Crippen LogP contribution in [0.5, 0.6) is 0 Å². The molecular formula is C20H29N3O3. The number of hydrogen-bond acceptors (Lipinski definition) is 3. The maximum atomic E-state index is 12.7. The zero-order valence-electron chi connectivity index (χ0n) is 16.0. The van der Waals surface area contributed by atoms with Crippen molar-refractivity contribution in [3.05, 3.63) is 30.3 Å². The number of nitrogens with one attached hydrogen (secondary N) is 2. The Morgan fingerprint density at radius 2 is 1.81 bits per heavy atom. The Morgan fingerprint density at radius 1 is 1.15 bits per heavy atom. The Kier molecular flexibility index (Phi) is 6.40. The SMILES string of the molecule is CC(NC(=O)C(C)(C)C)C(=O)N1CCCC(C(=O)Nc2ccccc2)C1. The first-order valence-electron chi connectivity index (χ1n) is 9.14. The molecule has 2 unspecified atom stereocenters. The first-order valence-corrected chi connectivity index (χ1v) is 9.14. The maximum absolute atomic E-state index is 12.7. The van der Waals surface area contributed by atoms with Gasteiger partial charge in [0.05, 0.1) is 5.92 Å². The highest BCUT2D eigenvalue weighted by Gasteiger charge is 2.32. The van der Waals surface area contributed by atoms with Gasteiger partial charge in [-0.1, -0.05) is 39.0 Å². The van der Waals surface area contributed by atoms with Crippen LogP contribution >= 0.6 is 0 Å². The number of amides is 3. The zero-order valence-corrected chi connectivity index (χ0v) is 16.0. The lowest BCUT2D eigenvalue weighted by molar-refractivity contribution is -0.140. The van der Waals surface area contributed by atoms with E-state index in [1.54, 1.807) is 11.8 Å². The van der Waals surface area contributed by atoms with Gasteiger partial charge in [0.15, 0.2) is 0 Å². The molecule has 2 atom stereocenters. The van der Waals surface area contributed by atoms with Crippen molar-refractivity contribution in [3.63, 3.8) is 0 Å². The van der Waals surface area contributed by atoms with Crippen LogP contribution < -0.4 is 10.6 Å². The molecular weight excluding hydrogens is 330 g/mol. The largest absolute Gasteiger partial charge is 0.344 e. The van der Waals surface area contributed by atoms with Gasteiger partial charge in [-0.25, -0.2) is 0 Å². The van der Waals surface area contributed by atoms with E-state index in [0.717, 1.165) is 18.5 Å². The summed E-state index contributed by atoms with van der Waals surface area (Å²) in [4.78, 5) is 38.9. The number of rotatable bonds is 4. The van der Waals surface area contributed by atoms with E-state index in [4.69, 9.17) is 0 Å². The summed E-state index contributed by atoms with van der Waals surface area (Å²) in [6, 6.07) is 8.71. The van der Waals surface area contributed by atoms with E-state index < -0.39 is 11.5 Å². The van der Waals surface area contributed by atoms with E-state index in [9.17, 15) is 14.4 Å². The van der Waals surface area contributed by atoms with E-state index >= 15 is 0 Å². The minimum atomic E-state index is -0.599. The number of hydrogen-bond donors (Lipinski definition) is 2. The van der Waals surface area contributed by atoms with Crippen LogP contribution in [0.25, 0.3) is 0 Å². The zero-order chi connectivity index (χ0) is 19.3. The van der Waals surface area contributed by atoms with Gasteiger partial charge in [0.2, 0.25) is 17.7 Å². The third-order valence-electron chi connectivity index (χ3n) is 4.54. The summed E-state index contributed by atoms with van der Waals surface area (Å²) in [6.07, 6.45) is 1.53. The van der Waals surface area contributed by atoms with Crippen molar-refractivity contribution < 1.29 is 14.4 Å². The molecule has 1 aromatic rings. The second kappa shape index (κ2) is 8.34. The summed E-state index contributed by atoms with van der Waals surface area (Å²) in [5, 5.41) is 5.68. The van der Waals surface area contributed by atoms with E-state index in [0.29, 0.717) is 13.1 Å². The standard InChI is InChI=1S/C20H29N3O3/c1-14(21-19(26)20(2,3)4)18(25)23-12-8-9-15(13-23)17(24)22-16-10-6-5-7-11-16/h5-7,10-11,14-15H,8-9,12-13H2,1-4H3,(H,21,26)(H,22,24). The first-order chi connectivity index (χ1) is 12.2. The molecule has 1 aliphatic rings. The smallest absolute Gasteiger partial charge is 0.244 e. The summed E-state index contributed by atoms with van der Waals surface area (Å²) in [5.74, 6) is -0.605. The summed E-state index contributed by atoms with van der Waals surface area (Å²) >= 11 is 0. The van der Waals surface area contributed by atoms with Gasteiger partial charge in [0.25, 0.3) is 0 Å². The number of benzene rings is 1. The third-order valence-corrected chi connectivity index (χ3v) is 4.54. The molecule has 2 N–H and O–H groups in total. The average molecular weight is 359 g/mol. The molecule has 142 valence electrons. The minimum absolute atomic E-state index is 0.0694. The summed E-state index contributed by atoms with van der Waals surface area (Å²) in [6.45, 7) is 8.12.